The minimum Gasteiger partial charge on any atom is -0.496 e. The Kier molecular flexibility index (Phi) is 7.53. The second kappa shape index (κ2) is 10.1. The van der Waals surface area contributed by atoms with E-state index in [2.05, 4.69) is 0 Å². The molecule has 9 heteroatoms. The van der Waals surface area contributed by atoms with Crippen LogP contribution in [0.3, 0.4) is 0 Å². The number of nitrogens with zero attached hydrogens (tertiary/aromatic N) is 2. The van der Waals surface area contributed by atoms with Gasteiger partial charge < -0.3 is 19.1 Å². The Hall–Kier alpha value is -3.62. The van der Waals surface area contributed by atoms with Crippen molar-refractivity contribution >= 4 is 17.6 Å². The highest BCUT2D eigenvalue weighted by Crippen LogP contribution is 2.24. The molecule has 0 bridgehead atoms. The fourth-order valence-electron chi connectivity index (χ4n) is 2.50. The summed E-state index contributed by atoms with van der Waals surface area (Å²) in [4.78, 5) is 36.2. The van der Waals surface area contributed by atoms with E-state index >= 15 is 0 Å². The highest BCUT2D eigenvalue weighted by atomic mass is 16.6. The van der Waals surface area contributed by atoms with Crippen LogP contribution in [0.5, 0.6) is 11.5 Å². The van der Waals surface area contributed by atoms with Gasteiger partial charge in [0.2, 0.25) is 0 Å². The molecule has 1 amide bonds. The second-order valence-electron chi connectivity index (χ2n) is 6.04. The maximum atomic E-state index is 12.3. The van der Waals surface area contributed by atoms with E-state index in [-0.39, 0.29) is 17.0 Å². The van der Waals surface area contributed by atoms with E-state index < -0.39 is 23.4 Å². The molecule has 0 N–H and O–H groups in total. The maximum absolute atomic E-state index is 12.3. The van der Waals surface area contributed by atoms with Gasteiger partial charge in [0.05, 0.1) is 18.6 Å². The van der Waals surface area contributed by atoms with Crippen molar-refractivity contribution in [3.63, 3.8) is 0 Å². The smallest absolute Gasteiger partial charge is 0.342 e. The maximum Gasteiger partial charge on any atom is 0.342 e. The van der Waals surface area contributed by atoms with Crippen LogP contribution in [0.15, 0.2) is 42.5 Å². The van der Waals surface area contributed by atoms with Gasteiger partial charge in [-0.25, -0.2) is 4.79 Å². The number of ether oxygens (including phenoxy) is 3. The minimum atomic E-state index is -0.881. The van der Waals surface area contributed by atoms with Gasteiger partial charge in [0, 0.05) is 25.7 Å². The molecule has 0 aliphatic heterocycles. The van der Waals surface area contributed by atoms with Crippen LogP contribution in [-0.4, -0.2) is 49.1 Å². The van der Waals surface area contributed by atoms with Crippen molar-refractivity contribution in [3.05, 3.63) is 63.7 Å². The summed E-state index contributed by atoms with van der Waals surface area (Å²) in [7, 11) is 2.91. The van der Waals surface area contributed by atoms with Crippen molar-refractivity contribution in [1.29, 1.82) is 0 Å². The first-order valence-corrected chi connectivity index (χ1v) is 8.81. The number of carbonyl (C=O) groups excluding carboxylic acids is 2. The Morgan fingerprint density at radius 3 is 2.41 bits per heavy atom. The van der Waals surface area contributed by atoms with Gasteiger partial charge in [-0.3, -0.25) is 14.9 Å². The zero-order chi connectivity index (χ0) is 21.4. The zero-order valence-electron chi connectivity index (χ0n) is 16.4. The molecular weight excluding hydrogens is 380 g/mol. The molecule has 0 aromatic heterocycles. The van der Waals surface area contributed by atoms with Crippen molar-refractivity contribution in [2.75, 3.05) is 27.4 Å². The van der Waals surface area contributed by atoms with Crippen LogP contribution in [0.25, 0.3) is 0 Å². The second-order valence-corrected chi connectivity index (χ2v) is 6.04. The molecule has 0 aliphatic carbocycles. The van der Waals surface area contributed by atoms with Crippen LogP contribution in [0.1, 0.15) is 22.8 Å². The molecule has 154 valence electrons. The average Bonchev–Trinajstić information content (AvgIpc) is 2.72. The Balaban J connectivity index is 1.96. The number of benzene rings is 2. The number of carbonyl (C=O) groups is 2. The summed E-state index contributed by atoms with van der Waals surface area (Å²) >= 11 is 0. The van der Waals surface area contributed by atoms with Crippen molar-refractivity contribution in [2.24, 2.45) is 0 Å². The molecule has 0 atom stereocenters. The van der Waals surface area contributed by atoms with Crippen LogP contribution < -0.4 is 9.47 Å². The topological polar surface area (TPSA) is 108 Å². The number of nitro benzene ring substituents is 1. The lowest BCUT2D eigenvalue weighted by Gasteiger charge is -2.17. The van der Waals surface area contributed by atoms with E-state index in [1.807, 2.05) is 31.2 Å². The largest absolute Gasteiger partial charge is 0.496 e. The molecule has 2 aromatic carbocycles. The van der Waals surface area contributed by atoms with Crippen LogP contribution in [-0.2, 0) is 16.1 Å². The van der Waals surface area contributed by atoms with E-state index in [1.54, 1.807) is 7.05 Å². The monoisotopic (exact) mass is 402 g/mol. The molecule has 2 rings (SSSR count). The van der Waals surface area contributed by atoms with Crippen molar-refractivity contribution in [3.8, 4) is 11.5 Å². The van der Waals surface area contributed by atoms with E-state index in [9.17, 15) is 19.7 Å². The van der Waals surface area contributed by atoms with Crippen molar-refractivity contribution < 1.29 is 28.7 Å². The molecule has 0 aliphatic rings. The lowest BCUT2D eigenvalue weighted by molar-refractivity contribution is -0.384. The van der Waals surface area contributed by atoms with Gasteiger partial charge >= 0.3 is 5.97 Å². The summed E-state index contributed by atoms with van der Waals surface area (Å²) in [6, 6.07) is 10.9. The third kappa shape index (κ3) is 5.93. The summed E-state index contributed by atoms with van der Waals surface area (Å²) in [6.45, 7) is 2.28. The molecule has 0 saturated heterocycles. The first-order chi connectivity index (χ1) is 13.8. The van der Waals surface area contributed by atoms with Crippen LogP contribution >= 0.6 is 0 Å². The molecule has 0 radical (unpaired) electrons. The lowest BCUT2D eigenvalue weighted by atomic mass is 10.2. The van der Waals surface area contributed by atoms with Gasteiger partial charge in [-0.2, -0.15) is 0 Å². The Labute approximate surface area is 167 Å². The van der Waals surface area contributed by atoms with E-state index in [4.69, 9.17) is 14.2 Å². The predicted octanol–water partition coefficient (Wildman–Crippen LogP) is 2.82. The summed E-state index contributed by atoms with van der Waals surface area (Å²) in [5.41, 5.74) is 0.483. The van der Waals surface area contributed by atoms with E-state index in [0.29, 0.717) is 13.2 Å². The number of esters is 1. The number of rotatable bonds is 9. The van der Waals surface area contributed by atoms with E-state index in [0.717, 1.165) is 17.4 Å². The number of likely N-dealkylation sites (N-methyl/N-ethyl adjacent to an activating group) is 1. The predicted molar refractivity (Wildman–Crippen MR) is 104 cm³/mol. The van der Waals surface area contributed by atoms with Gasteiger partial charge in [0.1, 0.15) is 17.1 Å². The zero-order valence-corrected chi connectivity index (χ0v) is 16.4. The summed E-state index contributed by atoms with van der Waals surface area (Å²) in [5, 5.41) is 10.9. The number of methoxy groups -OCH3 is 1. The molecule has 0 saturated carbocycles. The quantitative estimate of drug-likeness (QED) is 0.360. The minimum absolute atomic E-state index is 0.121. The SMILES string of the molecule is CCOc1ccc(CN(C)C(=O)COC(=O)c2cc([N+](=O)[O-])ccc2OC)cc1. The first-order valence-electron chi connectivity index (χ1n) is 8.81. The standard InChI is InChI=1S/C20H22N2O7/c1-4-28-16-8-5-14(6-9-16)12-21(2)19(23)13-29-20(24)17-11-15(22(25)26)7-10-18(17)27-3/h5-11H,4,12-13H2,1-3H3. The van der Waals surface area contributed by atoms with Crippen LogP contribution in [0.2, 0.25) is 0 Å². The Bertz CT molecular complexity index is 881. The van der Waals surface area contributed by atoms with Crippen LogP contribution in [0.4, 0.5) is 5.69 Å². The molecule has 29 heavy (non-hydrogen) atoms. The highest BCUT2D eigenvalue weighted by Gasteiger charge is 2.20. The average molecular weight is 402 g/mol. The normalized spacial score (nSPS) is 10.2. The van der Waals surface area contributed by atoms with Gasteiger partial charge in [0.15, 0.2) is 6.61 Å². The van der Waals surface area contributed by atoms with E-state index in [1.165, 1.54) is 24.1 Å². The molecule has 2 aromatic rings. The van der Waals surface area contributed by atoms with Gasteiger partial charge in [-0.05, 0) is 30.7 Å². The molecule has 9 nitrogen and oxygen atoms in total. The lowest BCUT2D eigenvalue weighted by Crippen LogP contribution is -2.30. The fourth-order valence-corrected chi connectivity index (χ4v) is 2.50. The molecule has 0 heterocycles. The number of non-ortho nitro benzene ring substituents is 1. The van der Waals surface area contributed by atoms with Crippen molar-refractivity contribution in [1.82, 2.24) is 4.90 Å². The molecule has 0 unspecified atom stereocenters. The Morgan fingerprint density at radius 2 is 1.83 bits per heavy atom. The van der Waals surface area contributed by atoms with Gasteiger partial charge in [0.25, 0.3) is 11.6 Å². The summed E-state index contributed by atoms with van der Waals surface area (Å²) in [6.07, 6.45) is 0. The third-order valence-electron chi connectivity index (χ3n) is 4.02. The Morgan fingerprint density at radius 1 is 1.14 bits per heavy atom. The fraction of sp³-hybridized carbons (Fsp3) is 0.300. The molecule has 0 spiro atoms. The number of hydrogen-bond acceptors (Lipinski definition) is 7. The summed E-state index contributed by atoms with van der Waals surface area (Å²) in [5.74, 6) is -0.439. The van der Waals surface area contributed by atoms with Gasteiger partial charge in [-0.15, -0.1) is 0 Å². The highest BCUT2D eigenvalue weighted by molar-refractivity contribution is 5.94. The van der Waals surface area contributed by atoms with Gasteiger partial charge in [-0.1, -0.05) is 12.1 Å². The molecule has 0 fully saturated rings. The number of hydrogen-bond donors (Lipinski definition) is 0. The van der Waals surface area contributed by atoms with Crippen molar-refractivity contribution in [2.45, 2.75) is 13.5 Å². The number of nitro groups is 1. The molecular formula is C20H22N2O7. The third-order valence-corrected chi connectivity index (χ3v) is 4.02. The number of amides is 1. The van der Waals surface area contributed by atoms with Crippen LogP contribution in [0, 0.1) is 10.1 Å². The summed E-state index contributed by atoms with van der Waals surface area (Å²) < 4.78 is 15.4. The first kappa shape index (κ1) is 21.7.